The van der Waals surface area contributed by atoms with Gasteiger partial charge in [0.15, 0.2) is 0 Å². The molecule has 0 spiro atoms. The molecule has 0 aliphatic heterocycles. The van der Waals surface area contributed by atoms with Crippen molar-refractivity contribution in [3.05, 3.63) is 0 Å². The Morgan fingerprint density at radius 2 is 2.00 bits per heavy atom. The third kappa shape index (κ3) is 4.44. The lowest BCUT2D eigenvalue weighted by molar-refractivity contribution is 0.290. The van der Waals surface area contributed by atoms with E-state index in [0.717, 1.165) is 37.9 Å². The smallest absolute Gasteiger partial charge is 0.323 e. The number of ether oxygens (including phenoxy) is 1. The molecule has 21 heavy (non-hydrogen) atoms. The first-order valence-electron chi connectivity index (χ1n) is 8.14. The predicted octanol–water partition coefficient (Wildman–Crippen LogP) is 2.72. The molecule has 1 aliphatic carbocycles. The van der Waals surface area contributed by atoms with Gasteiger partial charge in [-0.15, -0.1) is 0 Å². The summed E-state index contributed by atoms with van der Waals surface area (Å²) in [5.41, 5.74) is 0. The minimum Gasteiger partial charge on any atom is -0.463 e. The van der Waals surface area contributed by atoms with Crippen LogP contribution in [0.5, 0.6) is 6.01 Å². The van der Waals surface area contributed by atoms with Crippen molar-refractivity contribution in [2.24, 2.45) is 5.92 Å². The summed E-state index contributed by atoms with van der Waals surface area (Å²) < 4.78 is 5.59. The summed E-state index contributed by atoms with van der Waals surface area (Å²) >= 11 is 0. The molecule has 118 valence electrons. The molecular weight excluding hydrogens is 266 g/mol. The summed E-state index contributed by atoms with van der Waals surface area (Å²) in [6, 6.07) is 0.421. The first-order valence-corrected chi connectivity index (χ1v) is 8.14. The van der Waals surface area contributed by atoms with Crippen LogP contribution in [0.4, 0.5) is 11.9 Å². The van der Waals surface area contributed by atoms with Gasteiger partial charge in [0, 0.05) is 19.6 Å². The summed E-state index contributed by atoms with van der Waals surface area (Å²) in [5.74, 6) is 2.10. The molecule has 1 heterocycles. The third-order valence-electron chi connectivity index (χ3n) is 3.74. The Morgan fingerprint density at radius 3 is 2.57 bits per heavy atom. The van der Waals surface area contributed by atoms with Gasteiger partial charge in [-0.05, 0) is 39.0 Å². The van der Waals surface area contributed by atoms with Crippen molar-refractivity contribution < 1.29 is 4.74 Å². The van der Waals surface area contributed by atoms with E-state index in [9.17, 15) is 0 Å². The summed E-state index contributed by atoms with van der Waals surface area (Å²) in [6.45, 7) is 9.58. The first kappa shape index (κ1) is 15.8. The normalized spacial score (nSPS) is 14.6. The van der Waals surface area contributed by atoms with Crippen LogP contribution in [-0.2, 0) is 0 Å². The number of aromatic nitrogens is 3. The average Bonchev–Trinajstić information content (AvgIpc) is 2.44. The van der Waals surface area contributed by atoms with Crippen molar-refractivity contribution >= 4 is 11.9 Å². The van der Waals surface area contributed by atoms with E-state index in [4.69, 9.17) is 4.74 Å². The zero-order chi connectivity index (χ0) is 15.1. The van der Waals surface area contributed by atoms with Crippen LogP contribution in [0.1, 0.15) is 46.5 Å². The number of hydrogen-bond acceptors (Lipinski definition) is 6. The highest BCUT2D eigenvalue weighted by atomic mass is 16.5. The molecule has 0 saturated heterocycles. The van der Waals surface area contributed by atoms with Crippen molar-refractivity contribution in [3.8, 4) is 6.01 Å². The molecule has 6 heteroatoms. The van der Waals surface area contributed by atoms with Crippen molar-refractivity contribution in [2.45, 2.75) is 46.5 Å². The molecular formula is C15H27N5O. The molecule has 1 aromatic rings. The maximum Gasteiger partial charge on any atom is 0.323 e. The molecule has 1 N–H and O–H groups in total. The lowest BCUT2D eigenvalue weighted by Crippen LogP contribution is -2.34. The Labute approximate surface area is 127 Å². The second-order valence-electron chi connectivity index (χ2n) is 5.46. The molecule has 1 aliphatic rings. The van der Waals surface area contributed by atoms with E-state index in [-0.39, 0.29) is 0 Å². The van der Waals surface area contributed by atoms with Gasteiger partial charge in [0.1, 0.15) is 0 Å². The Bertz CT molecular complexity index is 436. The number of nitrogens with zero attached hydrogens (tertiary/aromatic N) is 4. The summed E-state index contributed by atoms with van der Waals surface area (Å²) in [6.07, 6.45) is 4.94. The second kappa shape index (κ2) is 8.00. The van der Waals surface area contributed by atoms with Crippen LogP contribution < -0.4 is 15.0 Å². The molecule has 1 fully saturated rings. The highest BCUT2D eigenvalue weighted by Gasteiger charge is 2.22. The first-order chi connectivity index (χ1) is 10.3. The Morgan fingerprint density at radius 1 is 1.19 bits per heavy atom. The van der Waals surface area contributed by atoms with Gasteiger partial charge < -0.3 is 15.0 Å². The quantitative estimate of drug-likeness (QED) is 0.755. The lowest BCUT2D eigenvalue weighted by Gasteiger charge is -2.31. The van der Waals surface area contributed by atoms with Crippen molar-refractivity contribution in [3.63, 3.8) is 0 Å². The highest BCUT2D eigenvalue weighted by Crippen LogP contribution is 2.28. The molecule has 0 unspecified atom stereocenters. The molecule has 0 bridgehead atoms. The van der Waals surface area contributed by atoms with Crippen LogP contribution in [0.25, 0.3) is 0 Å². The monoisotopic (exact) mass is 293 g/mol. The molecule has 0 atom stereocenters. The second-order valence-corrected chi connectivity index (χ2v) is 5.46. The van der Waals surface area contributed by atoms with Crippen LogP contribution in [0, 0.1) is 5.92 Å². The molecule has 1 saturated carbocycles. The van der Waals surface area contributed by atoms with Gasteiger partial charge in [-0.2, -0.15) is 15.0 Å². The van der Waals surface area contributed by atoms with Crippen molar-refractivity contribution in [1.82, 2.24) is 15.0 Å². The average molecular weight is 293 g/mol. The third-order valence-corrected chi connectivity index (χ3v) is 3.74. The van der Waals surface area contributed by atoms with Crippen LogP contribution in [0.15, 0.2) is 0 Å². The van der Waals surface area contributed by atoms with Gasteiger partial charge in [-0.3, -0.25) is 0 Å². The van der Waals surface area contributed by atoms with Gasteiger partial charge in [0.2, 0.25) is 11.9 Å². The van der Waals surface area contributed by atoms with Crippen LogP contribution in [-0.4, -0.2) is 41.2 Å². The van der Waals surface area contributed by atoms with E-state index in [1.165, 1.54) is 19.3 Å². The summed E-state index contributed by atoms with van der Waals surface area (Å²) in [4.78, 5) is 15.5. The molecule has 2 rings (SSSR count). The lowest BCUT2D eigenvalue weighted by atomic mass is 9.85. The number of hydrogen-bond donors (Lipinski definition) is 1. The Kier molecular flexibility index (Phi) is 6.02. The fourth-order valence-corrected chi connectivity index (χ4v) is 2.32. The molecule has 1 aromatic heterocycles. The molecule has 6 nitrogen and oxygen atoms in total. The van der Waals surface area contributed by atoms with Crippen molar-refractivity contribution in [2.75, 3.05) is 36.5 Å². The molecule has 0 amide bonds. The van der Waals surface area contributed by atoms with Gasteiger partial charge in [-0.25, -0.2) is 0 Å². The zero-order valence-corrected chi connectivity index (χ0v) is 13.4. The van der Waals surface area contributed by atoms with Gasteiger partial charge >= 0.3 is 6.01 Å². The fourth-order valence-electron chi connectivity index (χ4n) is 2.32. The number of rotatable bonds is 9. The zero-order valence-electron chi connectivity index (χ0n) is 13.4. The molecule has 0 radical (unpaired) electrons. The van der Waals surface area contributed by atoms with Crippen LogP contribution >= 0.6 is 0 Å². The number of nitrogens with one attached hydrogen (secondary N) is 1. The van der Waals surface area contributed by atoms with E-state index >= 15 is 0 Å². The van der Waals surface area contributed by atoms with Crippen LogP contribution in [0.2, 0.25) is 0 Å². The largest absolute Gasteiger partial charge is 0.463 e. The highest BCUT2D eigenvalue weighted by molar-refractivity contribution is 5.38. The fraction of sp³-hybridized carbons (Fsp3) is 0.800. The SMILES string of the molecule is CCCOc1nc(NCC)nc(N(CC)CC2CCC2)n1. The van der Waals surface area contributed by atoms with Crippen molar-refractivity contribution in [1.29, 1.82) is 0 Å². The maximum atomic E-state index is 5.59. The van der Waals surface area contributed by atoms with Gasteiger partial charge in [-0.1, -0.05) is 13.3 Å². The Balaban J connectivity index is 2.14. The topological polar surface area (TPSA) is 63.2 Å². The van der Waals surface area contributed by atoms with Gasteiger partial charge in [0.25, 0.3) is 0 Å². The number of anilines is 2. The molecule has 0 aromatic carbocycles. The van der Waals surface area contributed by atoms with E-state index in [1.54, 1.807) is 0 Å². The predicted molar refractivity (Wildman–Crippen MR) is 85.0 cm³/mol. The van der Waals surface area contributed by atoms with E-state index < -0.39 is 0 Å². The standard InChI is InChI=1S/C15H27N5O/c1-4-10-21-15-18-13(16-5-2)17-14(19-15)20(6-3)11-12-8-7-9-12/h12H,4-11H2,1-3H3,(H,16,17,18,19). The van der Waals surface area contributed by atoms with E-state index in [2.05, 4.69) is 39.0 Å². The minimum absolute atomic E-state index is 0.421. The summed E-state index contributed by atoms with van der Waals surface area (Å²) in [5, 5.41) is 3.16. The maximum absolute atomic E-state index is 5.59. The summed E-state index contributed by atoms with van der Waals surface area (Å²) in [7, 11) is 0. The van der Waals surface area contributed by atoms with Crippen LogP contribution in [0.3, 0.4) is 0 Å². The Hall–Kier alpha value is -1.59. The van der Waals surface area contributed by atoms with E-state index in [0.29, 0.717) is 18.6 Å². The van der Waals surface area contributed by atoms with Gasteiger partial charge in [0.05, 0.1) is 6.61 Å². The van der Waals surface area contributed by atoms with E-state index in [1.807, 2.05) is 6.92 Å². The minimum atomic E-state index is 0.421.